The van der Waals surface area contributed by atoms with Crippen LogP contribution in [0.4, 0.5) is 4.79 Å². The number of hydrogen-bond acceptors (Lipinski definition) is 1. The van der Waals surface area contributed by atoms with Crippen LogP contribution in [0.25, 0.3) is 0 Å². The number of nitrogens with two attached hydrogens (primary N) is 1. The van der Waals surface area contributed by atoms with E-state index in [9.17, 15) is 0 Å². The average Bonchev–Trinajstić information content (AvgIpc) is 1.65. The second-order valence-corrected chi connectivity index (χ2v) is 0.810. The third-order valence-electron chi connectivity index (χ3n) is 0.167. The van der Waals surface area contributed by atoms with Crippen molar-refractivity contribution in [2.75, 3.05) is 0 Å². The van der Waals surface area contributed by atoms with Crippen molar-refractivity contribution >= 4 is 6.09 Å². The molecule has 0 saturated carbocycles. The van der Waals surface area contributed by atoms with Gasteiger partial charge in [-0.05, 0) is 0 Å². The maximum Gasteiger partial charge on any atom is 0.402 e. The predicted octanol–water partition coefficient (Wildman–Crippen LogP) is 0.982. The first-order valence-electron chi connectivity index (χ1n) is 1.87. The van der Waals surface area contributed by atoms with Gasteiger partial charge >= 0.3 is 6.09 Å². The normalized spacial score (nSPS) is 5.50. The Hall–Kier alpha value is -1.25. The fraction of sp³-hybridized carbons (Fsp3) is 0. The number of carbonyl (C=O) groups is 1. The highest BCUT2D eigenvalue weighted by Crippen LogP contribution is 1.52. The van der Waals surface area contributed by atoms with Gasteiger partial charge in [0.1, 0.15) is 0 Å². The van der Waals surface area contributed by atoms with Crippen LogP contribution in [0.3, 0.4) is 0 Å². The molecule has 3 nitrogen and oxygen atoms in total. The molecule has 0 aromatic rings. The molecule has 0 aromatic carbocycles. The molecule has 0 rings (SSSR count). The minimum absolute atomic E-state index is 1.33. The van der Waals surface area contributed by atoms with Crippen molar-refractivity contribution in [2.45, 2.75) is 0 Å². The lowest BCUT2D eigenvalue weighted by Crippen LogP contribution is -2.03. The van der Waals surface area contributed by atoms with Crippen LogP contribution in [-0.2, 0) is 0 Å². The van der Waals surface area contributed by atoms with E-state index in [4.69, 9.17) is 9.90 Å². The summed E-state index contributed by atoms with van der Waals surface area (Å²) in [5.74, 6) is 0. The predicted molar refractivity (Wildman–Crippen MR) is 32.6 cm³/mol. The molecule has 3 N–H and O–H groups in total. The summed E-state index contributed by atoms with van der Waals surface area (Å²) in [6.07, 6.45) is 1.94. The van der Waals surface area contributed by atoms with Gasteiger partial charge < -0.3 is 10.8 Å². The quantitative estimate of drug-likeness (QED) is 0.500. The van der Waals surface area contributed by atoms with E-state index in [-0.39, 0.29) is 0 Å². The summed E-state index contributed by atoms with van der Waals surface area (Å²) < 4.78 is 0. The van der Waals surface area contributed by atoms with Gasteiger partial charge in [0.2, 0.25) is 0 Å². The van der Waals surface area contributed by atoms with Gasteiger partial charge in [0.15, 0.2) is 0 Å². The summed E-state index contributed by atoms with van der Waals surface area (Å²) in [5.41, 5.74) is 4.03. The third kappa shape index (κ3) is 1070. The number of hydrogen-bond donors (Lipinski definition) is 2. The Balaban J connectivity index is 0. The summed E-state index contributed by atoms with van der Waals surface area (Å²) in [6.45, 7) is 6.72. The second kappa shape index (κ2) is 9.23. The maximum atomic E-state index is 8.78. The largest absolute Gasteiger partial charge is 0.465 e. The van der Waals surface area contributed by atoms with E-state index in [2.05, 4.69) is 18.9 Å². The molecule has 0 radical (unpaired) electrons. The van der Waals surface area contributed by atoms with Crippen molar-refractivity contribution in [3.05, 3.63) is 25.3 Å². The van der Waals surface area contributed by atoms with Crippen LogP contribution in [0.5, 0.6) is 0 Å². The standard InChI is InChI=1S/C4H6.CH3NO2/c1-3-4-2;2-1(3)4/h3-4H,1-2H2;2H2,(H,3,4). The van der Waals surface area contributed by atoms with Crippen molar-refractivity contribution < 1.29 is 9.90 Å². The van der Waals surface area contributed by atoms with E-state index in [1.807, 2.05) is 0 Å². The molecule has 0 heterocycles. The third-order valence-corrected chi connectivity index (χ3v) is 0.167. The molecule has 0 aliphatic carbocycles. The molecule has 0 atom stereocenters. The van der Waals surface area contributed by atoms with Gasteiger partial charge in [0, 0.05) is 0 Å². The van der Waals surface area contributed by atoms with Gasteiger partial charge in [-0.2, -0.15) is 0 Å². The highest BCUT2D eigenvalue weighted by atomic mass is 16.4. The fourth-order valence-electron chi connectivity index (χ4n) is 0. The Morgan fingerprint density at radius 1 is 1.50 bits per heavy atom. The number of amides is 1. The van der Waals surface area contributed by atoms with Crippen LogP contribution in [0.1, 0.15) is 0 Å². The molecule has 0 fully saturated rings. The van der Waals surface area contributed by atoms with Crippen molar-refractivity contribution in [1.29, 1.82) is 0 Å². The molecule has 3 heteroatoms. The van der Waals surface area contributed by atoms with Gasteiger partial charge in [0.25, 0.3) is 0 Å². The summed E-state index contributed by atoms with van der Waals surface area (Å²) in [5, 5.41) is 7.19. The molecule has 0 unspecified atom stereocenters. The summed E-state index contributed by atoms with van der Waals surface area (Å²) in [6, 6.07) is 0. The highest BCUT2D eigenvalue weighted by molar-refractivity contribution is 5.61. The number of primary amides is 1. The maximum absolute atomic E-state index is 8.78. The van der Waals surface area contributed by atoms with Crippen LogP contribution < -0.4 is 5.73 Å². The smallest absolute Gasteiger partial charge is 0.402 e. The Bertz CT molecular complexity index is 78.4. The second-order valence-electron chi connectivity index (χ2n) is 0.810. The average molecular weight is 115 g/mol. The monoisotopic (exact) mass is 115 g/mol. The zero-order chi connectivity index (χ0) is 6.99. The Morgan fingerprint density at radius 2 is 1.62 bits per heavy atom. The van der Waals surface area contributed by atoms with E-state index in [1.165, 1.54) is 0 Å². The van der Waals surface area contributed by atoms with Crippen LogP contribution in [-0.4, -0.2) is 11.2 Å². The Morgan fingerprint density at radius 3 is 1.62 bits per heavy atom. The van der Waals surface area contributed by atoms with E-state index < -0.39 is 6.09 Å². The molecule has 8 heavy (non-hydrogen) atoms. The van der Waals surface area contributed by atoms with Gasteiger partial charge in [-0.3, -0.25) is 0 Å². The number of allylic oxidation sites excluding steroid dienone is 2. The lowest BCUT2D eigenvalue weighted by Gasteiger charge is -1.61. The molecule has 0 aromatic heterocycles. The lowest BCUT2D eigenvalue weighted by atomic mass is 10.6. The van der Waals surface area contributed by atoms with Gasteiger partial charge in [0.05, 0.1) is 0 Å². The Kier molecular flexibility index (Phi) is 11.4. The molecule has 0 saturated heterocycles. The Labute approximate surface area is 48.1 Å². The molecule has 0 aliphatic rings. The van der Waals surface area contributed by atoms with E-state index in [0.717, 1.165) is 0 Å². The number of carboxylic acid groups (broad SMARTS) is 1. The molecule has 0 aliphatic heterocycles. The van der Waals surface area contributed by atoms with E-state index >= 15 is 0 Å². The lowest BCUT2D eigenvalue weighted by molar-refractivity contribution is 0.205. The van der Waals surface area contributed by atoms with Gasteiger partial charge in [-0.25, -0.2) is 4.79 Å². The highest BCUT2D eigenvalue weighted by Gasteiger charge is 1.65. The molecule has 0 bridgehead atoms. The SMILES string of the molecule is C=CC=C.NC(=O)O. The van der Waals surface area contributed by atoms with E-state index in [0.29, 0.717) is 0 Å². The van der Waals surface area contributed by atoms with Crippen LogP contribution in [0.2, 0.25) is 0 Å². The fourth-order valence-corrected chi connectivity index (χ4v) is 0. The molecule has 0 spiro atoms. The molecule has 1 amide bonds. The van der Waals surface area contributed by atoms with E-state index in [1.54, 1.807) is 12.2 Å². The first kappa shape index (κ1) is 9.89. The topological polar surface area (TPSA) is 63.3 Å². The zero-order valence-electron chi connectivity index (χ0n) is 4.50. The molecule has 46 valence electrons. The van der Waals surface area contributed by atoms with Crippen molar-refractivity contribution in [1.82, 2.24) is 0 Å². The first-order chi connectivity index (χ1) is 3.65. The zero-order valence-corrected chi connectivity index (χ0v) is 4.50. The van der Waals surface area contributed by atoms with Gasteiger partial charge in [-0.15, -0.1) is 0 Å². The minimum Gasteiger partial charge on any atom is -0.465 e. The van der Waals surface area contributed by atoms with Crippen molar-refractivity contribution in [2.24, 2.45) is 5.73 Å². The summed E-state index contributed by atoms with van der Waals surface area (Å²) >= 11 is 0. The molecular weight excluding hydrogens is 106 g/mol. The summed E-state index contributed by atoms with van der Waals surface area (Å²) in [7, 11) is 0. The summed E-state index contributed by atoms with van der Waals surface area (Å²) in [4.78, 5) is 8.78. The first-order valence-corrected chi connectivity index (χ1v) is 1.87. The van der Waals surface area contributed by atoms with Crippen LogP contribution >= 0.6 is 0 Å². The van der Waals surface area contributed by atoms with Crippen molar-refractivity contribution in [3.8, 4) is 0 Å². The van der Waals surface area contributed by atoms with Crippen LogP contribution in [0, 0.1) is 0 Å². The minimum atomic E-state index is -1.33. The van der Waals surface area contributed by atoms with Crippen LogP contribution in [0.15, 0.2) is 25.3 Å². The number of rotatable bonds is 1. The van der Waals surface area contributed by atoms with Gasteiger partial charge in [-0.1, -0.05) is 25.3 Å². The van der Waals surface area contributed by atoms with Crippen molar-refractivity contribution in [3.63, 3.8) is 0 Å². The molecular formula is C5H9NO2.